The van der Waals surface area contributed by atoms with E-state index in [0.717, 1.165) is 17.6 Å². The number of aliphatic hydroxyl groups is 1. The Labute approximate surface area is 188 Å². The highest BCUT2D eigenvalue weighted by molar-refractivity contribution is 6.08. The molecule has 2 N–H and O–H groups in total. The van der Waals surface area contributed by atoms with Crippen LogP contribution in [0.15, 0.2) is 30.6 Å². The van der Waals surface area contributed by atoms with Crippen molar-refractivity contribution in [3.63, 3.8) is 0 Å². The first-order valence-electron chi connectivity index (χ1n) is 11.1. The van der Waals surface area contributed by atoms with E-state index < -0.39 is 17.3 Å². The van der Waals surface area contributed by atoms with Gasteiger partial charge in [0.2, 0.25) is 0 Å². The molecule has 0 radical (unpaired) electrons. The number of Topliss-reactive ketones (excluding diaryl/α,β-unsaturated/α-hetero) is 1. The molecule has 2 fully saturated rings. The topological polar surface area (TPSA) is 76.4 Å². The molecule has 9 heteroatoms. The number of hydrogen-bond acceptors (Lipinski definition) is 5. The summed E-state index contributed by atoms with van der Waals surface area (Å²) in [4.78, 5) is 16.4. The standard InChI is InChI=1S/C24H26F3N3O3/c1-13-5-17(31)7-15(29-13)11-33-21-8-20-22(30(12-28-20)16-9-23(2,32)10-16)18-4-3-14(6-19(18)21)24(25,26)27/h3-4,6,8,12-13,15-16,29,32H,5,7,9-11H2,1-2H3/t13-,15-,16?,23?/m0/s1. The van der Waals surface area contributed by atoms with Gasteiger partial charge in [0.1, 0.15) is 18.1 Å². The lowest BCUT2D eigenvalue weighted by molar-refractivity contribution is -0.137. The predicted molar refractivity (Wildman–Crippen MR) is 117 cm³/mol. The number of carbonyl (C=O) groups is 1. The van der Waals surface area contributed by atoms with Crippen LogP contribution in [0.5, 0.6) is 5.75 Å². The van der Waals surface area contributed by atoms with Gasteiger partial charge in [0.15, 0.2) is 0 Å². The van der Waals surface area contributed by atoms with Gasteiger partial charge >= 0.3 is 6.18 Å². The molecule has 1 saturated heterocycles. The van der Waals surface area contributed by atoms with Crippen molar-refractivity contribution >= 4 is 27.6 Å². The monoisotopic (exact) mass is 461 g/mol. The highest BCUT2D eigenvalue weighted by Gasteiger charge is 2.40. The van der Waals surface area contributed by atoms with Crippen molar-refractivity contribution in [1.29, 1.82) is 0 Å². The number of nitrogens with zero attached hydrogens (tertiary/aromatic N) is 2. The van der Waals surface area contributed by atoms with Gasteiger partial charge in [-0.25, -0.2) is 4.98 Å². The molecule has 33 heavy (non-hydrogen) atoms. The molecule has 0 bridgehead atoms. The van der Waals surface area contributed by atoms with E-state index in [1.807, 2.05) is 11.5 Å². The molecular formula is C24H26F3N3O3. The third kappa shape index (κ3) is 4.19. The van der Waals surface area contributed by atoms with E-state index >= 15 is 0 Å². The van der Waals surface area contributed by atoms with Gasteiger partial charge in [0.25, 0.3) is 0 Å². The van der Waals surface area contributed by atoms with E-state index in [1.165, 1.54) is 6.07 Å². The molecule has 1 aliphatic heterocycles. The average molecular weight is 461 g/mol. The van der Waals surface area contributed by atoms with Gasteiger partial charge in [-0.1, -0.05) is 6.07 Å². The van der Waals surface area contributed by atoms with Crippen molar-refractivity contribution < 1.29 is 27.8 Å². The molecule has 5 rings (SSSR count). The Hall–Kier alpha value is -2.65. The molecule has 2 heterocycles. The van der Waals surface area contributed by atoms with Crippen LogP contribution in [-0.2, 0) is 11.0 Å². The summed E-state index contributed by atoms with van der Waals surface area (Å²) in [6.45, 7) is 3.86. The Morgan fingerprint density at radius 2 is 2.00 bits per heavy atom. The maximum atomic E-state index is 13.5. The summed E-state index contributed by atoms with van der Waals surface area (Å²) in [6, 6.07) is 5.18. The summed E-state index contributed by atoms with van der Waals surface area (Å²) in [6.07, 6.45) is -0.911. The summed E-state index contributed by atoms with van der Waals surface area (Å²) in [7, 11) is 0. The average Bonchev–Trinajstić information content (AvgIpc) is 3.12. The van der Waals surface area contributed by atoms with Crippen molar-refractivity contribution in [3.05, 3.63) is 36.2 Å². The number of halogens is 3. The molecule has 0 amide bonds. The summed E-state index contributed by atoms with van der Waals surface area (Å²) in [5.41, 5.74) is -0.155. The minimum absolute atomic E-state index is 0.0289. The van der Waals surface area contributed by atoms with Gasteiger partial charge < -0.3 is 19.7 Å². The molecular weight excluding hydrogens is 435 g/mol. The van der Waals surface area contributed by atoms with Crippen LogP contribution in [-0.4, -0.2) is 44.7 Å². The smallest absolute Gasteiger partial charge is 0.416 e. The molecule has 1 aromatic heterocycles. The molecule has 1 aliphatic carbocycles. The molecule has 2 aliphatic rings. The molecule has 3 aromatic rings. The van der Waals surface area contributed by atoms with Crippen LogP contribution in [0.4, 0.5) is 13.2 Å². The molecule has 6 nitrogen and oxygen atoms in total. The lowest BCUT2D eigenvalue weighted by Gasteiger charge is -2.41. The minimum Gasteiger partial charge on any atom is -0.491 e. The number of alkyl halides is 3. The Kier molecular flexibility index (Phi) is 5.17. The van der Waals surface area contributed by atoms with Crippen LogP contribution in [0.25, 0.3) is 21.8 Å². The second-order valence-electron chi connectivity index (χ2n) is 9.73. The van der Waals surface area contributed by atoms with E-state index in [1.54, 1.807) is 19.3 Å². The number of ether oxygens (including phenoxy) is 1. The Morgan fingerprint density at radius 1 is 1.24 bits per heavy atom. The Bertz CT molecular complexity index is 1230. The first kappa shape index (κ1) is 22.2. The zero-order chi connectivity index (χ0) is 23.5. The summed E-state index contributed by atoms with van der Waals surface area (Å²) >= 11 is 0. The van der Waals surface area contributed by atoms with Crippen LogP contribution in [0, 0.1) is 0 Å². The molecule has 176 valence electrons. The van der Waals surface area contributed by atoms with E-state index in [4.69, 9.17) is 4.74 Å². The normalized spacial score (nSPS) is 28.3. The first-order chi connectivity index (χ1) is 15.5. The van der Waals surface area contributed by atoms with E-state index in [-0.39, 0.29) is 30.5 Å². The van der Waals surface area contributed by atoms with Crippen molar-refractivity contribution in [1.82, 2.24) is 14.9 Å². The summed E-state index contributed by atoms with van der Waals surface area (Å²) < 4.78 is 48.4. The van der Waals surface area contributed by atoms with Gasteiger partial charge in [0.05, 0.1) is 28.5 Å². The lowest BCUT2D eigenvalue weighted by Crippen LogP contribution is -2.47. The molecule has 1 saturated carbocycles. The van der Waals surface area contributed by atoms with Crippen molar-refractivity contribution in [2.24, 2.45) is 0 Å². The quantitative estimate of drug-likeness (QED) is 0.603. The Balaban J connectivity index is 1.56. The van der Waals surface area contributed by atoms with Crippen LogP contribution < -0.4 is 10.1 Å². The highest BCUT2D eigenvalue weighted by atomic mass is 19.4. The molecule has 0 spiro atoms. The molecule has 2 aromatic carbocycles. The summed E-state index contributed by atoms with van der Waals surface area (Å²) in [5, 5.41) is 14.4. The van der Waals surface area contributed by atoms with Gasteiger partial charge in [-0.2, -0.15) is 13.2 Å². The number of benzene rings is 2. The number of rotatable bonds is 4. The van der Waals surface area contributed by atoms with Gasteiger partial charge in [-0.15, -0.1) is 0 Å². The predicted octanol–water partition coefficient (Wildman–Crippen LogP) is 4.38. The third-order valence-electron chi connectivity index (χ3n) is 6.67. The maximum Gasteiger partial charge on any atom is 0.416 e. The number of fused-ring (bicyclic) bond motifs is 3. The first-order valence-corrected chi connectivity index (χ1v) is 11.1. The van der Waals surface area contributed by atoms with Crippen LogP contribution in [0.2, 0.25) is 0 Å². The number of nitrogens with one attached hydrogen (secondary N) is 1. The fourth-order valence-corrected chi connectivity index (χ4v) is 5.16. The van der Waals surface area contributed by atoms with E-state index in [2.05, 4.69) is 10.3 Å². The third-order valence-corrected chi connectivity index (χ3v) is 6.67. The number of imidazole rings is 1. The zero-order valence-electron chi connectivity index (χ0n) is 18.4. The van der Waals surface area contributed by atoms with Crippen LogP contribution in [0.3, 0.4) is 0 Å². The highest BCUT2D eigenvalue weighted by Crippen LogP contribution is 2.44. The second kappa shape index (κ2) is 7.70. The number of carbonyl (C=O) groups excluding carboxylic acids is 1. The van der Waals surface area contributed by atoms with Gasteiger partial charge in [-0.05, 0) is 38.8 Å². The number of aromatic nitrogens is 2. The number of hydrogen-bond donors (Lipinski definition) is 2. The Morgan fingerprint density at radius 3 is 2.67 bits per heavy atom. The van der Waals surface area contributed by atoms with Crippen molar-refractivity contribution in [2.45, 2.75) is 69.4 Å². The van der Waals surface area contributed by atoms with Gasteiger partial charge in [0, 0.05) is 47.8 Å². The number of piperidine rings is 1. The minimum atomic E-state index is -4.49. The summed E-state index contributed by atoms with van der Waals surface area (Å²) in [5.74, 6) is 0.451. The van der Waals surface area contributed by atoms with Crippen molar-refractivity contribution in [2.75, 3.05) is 6.61 Å². The van der Waals surface area contributed by atoms with Crippen molar-refractivity contribution in [3.8, 4) is 5.75 Å². The zero-order valence-corrected chi connectivity index (χ0v) is 18.4. The van der Waals surface area contributed by atoms with Gasteiger partial charge in [-0.3, -0.25) is 4.79 Å². The van der Waals surface area contributed by atoms with Crippen LogP contribution in [0.1, 0.15) is 51.1 Å². The fourth-order valence-electron chi connectivity index (χ4n) is 5.16. The SMILES string of the molecule is C[C@H]1CC(=O)C[C@@H](COc2cc3ncn(C4CC(C)(O)C4)c3c3ccc(C(F)(F)F)cc23)N1. The second-order valence-corrected chi connectivity index (χ2v) is 9.73. The maximum absolute atomic E-state index is 13.5. The lowest BCUT2D eigenvalue weighted by atomic mass is 9.77. The number of ketones is 1. The largest absolute Gasteiger partial charge is 0.491 e. The van der Waals surface area contributed by atoms with E-state index in [0.29, 0.717) is 47.7 Å². The van der Waals surface area contributed by atoms with E-state index in [9.17, 15) is 23.1 Å². The van der Waals surface area contributed by atoms with Crippen LogP contribution >= 0.6 is 0 Å². The molecule has 2 atom stereocenters. The molecule has 0 unspecified atom stereocenters. The fraction of sp³-hybridized carbons (Fsp3) is 0.500.